The first kappa shape index (κ1) is 12.9. The van der Waals surface area contributed by atoms with Gasteiger partial charge >= 0.3 is 6.36 Å². The summed E-state index contributed by atoms with van der Waals surface area (Å²) in [6.07, 6.45) is -4.90. The highest BCUT2D eigenvalue weighted by Crippen LogP contribution is 2.29. The molecule has 3 nitrogen and oxygen atoms in total. The van der Waals surface area contributed by atoms with Crippen LogP contribution in [0.3, 0.4) is 0 Å². The third kappa shape index (κ3) is 3.16. The number of alkyl halides is 4. The fraction of sp³-hybridized carbons (Fsp3) is 0.250. The van der Waals surface area contributed by atoms with Crippen molar-refractivity contribution < 1.29 is 27.1 Å². The molecule has 0 N–H and O–H groups in total. The molecule has 1 aromatic rings. The highest BCUT2D eigenvalue weighted by atomic mass is 79.9. The van der Waals surface area contributed by atoms with Crippen LogP contribution in [0.5, 0.6) is 5.75 Å². The van der Waals surface area contributed by atoms with Gasteiger partial charge in [0.05, 0.1) is 11.3 Å². The highest BCUT2D eigenvalue weighted by molar-refractivity contribution is 9.08. The van der Waals surface area contributed by atoms with Crippen molar-refractivity contribution in [3.63, 3.8) is 0 Å². The number of carbonyl (C=O) groups excluding carboxylic acids is 1. The molecule has 0 spiro atoms. The first-order valence-corrected chi connectivity index (χ1v) is 4.96. The van der Waals surface area contributed by atoms with Crippen LogP contribution in [0.1, 0.15) is 16.1 Å². The van der Waals surface area contributed by atoms with Crippen LogP contribution >= 0.6 is 15.9 Å². The number of aromatic nitrogens is 1. The number of hydrogen-bond acceptors (Lipinski definition) is 3. The zero-order chi connectivity index (χ0) is 12.3. The molecule has 0 atom stereocenters. The van der Waals surface area contributed by atoms with Gasteiger partial charge in [-0.25, -0.2) is 4.98 Å². The Bertz CT molecular complexity index is 408. The van der Waals surface area contributed by atoms with Crippen LogP contribution in [0.2, 0.25) is 0 Å². The second-order valence-corrected chi connectivity index (χ2v) is 3.17. The summed E-state index contributed by atoms with van der Waals surface area (Å²) in [7, 11) is 0. The van der Waals surface area contributed by atoms with Crippen LogP contribution in [0, 0.1) is 5.95 Å². The Morgan fingerprint density at radius 1 is 1.50 bits per heavy atom. The van der Waals surface area contributed by atoms with Crippen LogP contribution in [-0.4, -0.2) is 17.6 Å². The van der Waals surface area contributed by atoms with E-state index in [-0.39, 0.29) is 17.3 Å². The van der Waals surface area contributed by atoms with E-state index in [2.05, 4.69) is 25.7 Å². The van der Waals surface area contributed by atoms with Crippen LogP contribution < -0.4 is 4.74 Å². The van der Waals surface area contributed by atoms with E-state index in [1.165, 1.54) is 0 Å². The largest absolute Gasteiger partial charge is 0.573 e. The van der Waals surface area contributed by atoms with E-state index in [1.54, 1.807) is 0 Å². The second kappa shape index (κ2) is 4.77. The molecule has 88 valence electrons. The maximum atomic E-state index is 12.8. The molecule has 0 aliphatic heterocycles. The summed E-state index contributed by atoms with van der Waals surface area (Å²) in [4.78, 5) is 13.7. The van der Waals surface area contributed by atoms with Crippen LogP contribution in [0.15, 0.2) is 6.07 Å². The average molecular weight is 302 g/mol. The zero-order valence-corrected chi connectivity index (χ0v) is 9.10. The van der Waals surface area contributed by atoms with Crippen molar-refractivity contribution >= 4 is 22.2 Å². The smallest absolute Gasteiger partial charge is 0.403 e. The molecule has 0 aromatic carbocycles. The Hall–Kier alpha value is -1.18. The number of hydrogen-bond donors (Lipinski definition) is 0. The Balaban J connectivity index is 3.27. The molecular weight excluding hydrogens is 298 g/mol. The van der Waals surface area contributed by atoms with Gasteiger partial charge in [0.25, 0.3) is 0 Å². The molecular formula is C8H4BrF4NO2. The summed E-state index contributed by atoms with van der Waals surface area (Å²) in [6.45, 7) is 0. The first-order chi connectivity index (χ1) is 7.37. The minimum atomic E-state index is -4.96. The van der Waals surface area contributed by atoms with Gasteiger partial charge in [0, 0.05) is 11.4 Å². The number of aldehydes is 1. The lowest BCUT2D eigenvalue weighted by atomic mass is 10.2. The summed E-state index contributed by atoms with van der Waals surface area (Å²) < 4.78 is 52.4. The van der Waals surface area contributed by atoms with Crippen molar-refractivity contribution in [3.05, 3.63) is 23.3 Å². The average Bonchev–Trinajstić information content (AvgIpc) is 2.18. The van der Waals surface area contributed by atoms with E-state index in [9.17, 15) is 22.4 Å². The molecule has 1 heterocycles. The Morgan fingerprint density at radius 2 is 2.12 bits per heavy atom. The topological polar surface area (TPSA) is 39.2 Å². The number of nitrogens with zero attached hydrogens (tertiary/aromatic N) is 1. The molecule has 0 aliphatic carbocycles. The second-order valence-electron chi connectivity index (χ2n) is 2.61. The van der Waals surface area contributed by atoms with Gasteiger partial charge in [-0.1, -0.05) is 15.9 Å². The first-order valence-electron chi connectivity index (χ1n) is 3.83. The Kier molecular flexibility index (Phi) is 3.84. The van der Waals surface area contributed by atoms with Gasteiger partial charge in [0.15, 0.2) is 12.0 Å². The molecule has 0 saturated carbocycles. The van der Waals surface area contributed by atoms with Gasteiger partial charge in [0.1, 0.15) is 0 Å². The van der Waals surface area contributed by atoms with Crippen LogP contribution in [-0.2, 0) is 5.33 Å². The minimum Gasteiger partial charge on any atom is -0.403 e. The number of pyridine rings is 1. The molecule has 1 aromatic heterocycles. The monoisotopic (exact) mass is 301 g/mol. The maximum Gasteiger partial charge on any atom is 0.573 e. The number of halogens is 5. The van der Waals surface area contributed by atoms with Gasteiger partial charge < -0.3 is 4.74 Å². The normalized spacial score (nSPS) is 11.3. The SMILES string of the molecule is O=Cc1cc(F)nc(CBr)c1OC(F)(F)F. The summed E-state index contributed by atoms with van der Waals surface area (Å²) in [5.74, 6) is -1.84. The predicted molar refractivity (Wildman–Crippen MR) is 48.9 cm³/mol. The van der Waals surface area contributed by atoms with Gasteiger partial charge in [0.2, 0.25) is 5.95 Å². The van der Waals surface area contributed by atoms with E-state index < -0.39 is 23.6 Å². The molecule has 0 amide bonds. The molecule has 0 aliphatic rings. The fourth-order valence-corrected chi connectivity index (χ4v) is 1.36. The molecule has 0 unspecified atom stereocenters. The lowest BCUT2D eigenvalue weighted by molar-refractivity contribution is -0.275. The van der Waals surface area contributed by atoms with E-state index in [0.717, 1.165) is 0 Å². The molecule has 8 heteroatoms. The molecule has 1 rings (SSSR count). The Labute approximate surface area is 95.6 Å². The number of carbonyl (C=O) groups is 1. The zero-order valence-electron chi connectivity index (χ0n) is 7.52. The van der Waals surface area contributed by atoms with Crippen molar-refractivity contribution in [2.45, 2.75) is 11.7 Å². The summed E-state index contributed by atoms with van der Waals surface area (Å²) in [5.41, 5.74) is -0.876. The van der Waals surface area contributed by atoms with E-state index in [4.69, 9.17) is 0 Å². The number of ether oxygens (including phenoxy) is 1. The lowest BCUT2D eigenvalue weighted by Crippen LogP contribution is -2.19. The van der Waals surface area contributed by atoms with Gasteiger partial charge in [-0.15, -0.1) is 13.2 Å². The van der Waals surface area contributed by atoms with E-state index >= 15 is 0 Å². The third-order valence-corrected chi connectivity index (χ3v) is 2.04. The summed E-state index contributed by atoms with van der Waals surface area (Å²) in [5, 5.41) is -0.170. The van der Waals surface area contributed by atoms with Crippen molar-refractivity contribution in [3.8, 4) is 5.75 Å². The Morgan fingerprint density at radius 3 is 2.56 bits per heavy atom. The molecule has 0 bridgehead atoms. The minimum absolute atomic E-state index is 0.0675. The molecule has 0 fully saturated rings. The molecule has 0 saturated heterocycles. The van der Waals surface area contributed by atoms with Crippen molar-refractivity contribution in [2.24, 2.45) is 0 Å². The fourth-order valence-electron chi connectivity index (χ4n) is 0.984. The van der Waals surface area contributed by atoms with E-state index in [1.807, 2.05) is 0 Å². The summed E-state index contributed by atoms with van der Waals surface area (Å²) in [6, 6.07) is 0.570. The van der Waals surface area contributed by atoms with Gasteiger partial charge in [-0.05, 0) is 0 Å². The molecule has 0 radical (unpaired) electrons. The predicted octanol–water partition coefficient (Wildman–Crippen LogP) is 2.83. The molecule has 16 heavy (non-hydrogen) atoms. The standard InChI is InChI=1S/C8H4BrF4NO2/c9-2-5-7(16-8(11,12)13)4(3-15)1-6(10)14-5/h1,3H,2H2. The van der Waals surface area contributed by atoms with Crippen molar-refractivity contribution in [2.75, 3.05) is 0 Å². The lowest BCUT2D eigenvalue weighted by Gasteiger charge is -2.13. The number of rotatable bonds is 3. The highest BCUT2D eigenvalue weighted by Gasteiger charge is 2.33. The summed E-state index contributed by atoms with van der Waals surface area (Å²) >= 11 is 2.82. The van der Waals surface area contributed by atoms with Crippen molar-refractivity contribution in [1.29, 1.82) is 0 Å². The van der Waals surface area contributed by atoms with Crippen LogP contribution in [0.4, 0.5) is 17.6 Å². The van der Waals surface area contributed by atoms with Crippen LogP contribution in [0.25, 0.3) is 0 Å². The van der Waals surface area contributed by atoms with E-state index in [0.29, 0.717) is 6.07 Å². The van der Waals surface area contributed by atoms with Gasteiger partial charge in [-0.2, -0.15) is 4.39 Å². The maximum absolute atomic E-state index is 12.8. The third-order valence-electron chi connectivity index (χ3n) is 1.51. The van der Waals surface area contributed by atoms with Crippen molar-refractivity contribution in [1.82, 2.24) is 4.98 Å². The van der Waals surface area contributed by atoms with Gasteiger partial charge in [-0.3, -0.25) is 4.79 Å². The quantitative estimate of drug-likeness (QED) is 0.373.